The molecule has 10 heteroatoms. The van der Waals surface area contributed by atoms with Crippen molar-refractivity contribution in [1.82, 2.24) is 10.3 Å². The summed E-state index contributed by atoms with van der Waals surface area (Å²) in [7, 11) is 0. The summed E-state index contributed by atoms with van der Waals surface area (Å²) in [6, 6.07) is 5.98. The van der Waals surface area contributed by atoms with Crippen LogP contribution in [0, 0.1) is 23.1 Å². The Morgan fingerprint density at radius 3 is 2.97 bits per heavy atom. The number of hydrogen-bond donors (Lipinski definition) is 3. The van der Waals surface area contributed by atoms with Crippen LogP contribution in [0.25, 0.3) is 11.1 Å². The predicted molar refractivity (Wildman–Crippen MR) is 121 cm³/mol. The molecule has 2 amide bonds. The number of carbonyl (C=O) groups excluding carboxylic acids is 2. The number of halogens is 2. The molecule has 2 aliphatic rings. The fraction of sp³-hybridized carbons (Fsp3) is 0.391. The zero-order valence-corrected chi connectivity index (χ0v) is 18.5. The second-order valence-corrected chi connectivity index (χ2v) is 8.51. The third-order valence-electron chi connectivity index (χ3n) is 5.76. The lowest BCUT2D eigenvalue weighted by molar-refractivity contribution is -0.124. The molecule has 1 aromatic carbocycles. The van der Waals surface area contributed by atoms with Gasteiger partial charge in [0, 0.05) is 41.9 Å². The highest BCUT2D eigenvalue weighted by Crippen LogP contribution is 2.42. The van der Waals surface area contributed by atoms with Crippen LogP contribution in [0.3, 0.4) is 0 Å². The van der Waals surface area contributed by atoms with E-state index < -0.39 is 5.82 Å². The van der Waals surface area contributed by atoms with E-state index in [9.17, 15) is 14.0 Å². The normalized spacial score (nSPS) is 19.3. The summed E-state index contributed by atoms with van der Waals surface area (Å²) in [4.78, 5) is 28.8. The maximum atomic E-state index is 14.2. The van der Waals surface area contributed by atoms with Crippen molar-refractivity contribution in [3.8, 4) is 22.9 Å². The highest BCUT2D eigenvalue weighted by Gasteiger charge is 2.28. The second-order valence-electron chi connectivity index (χ2n) is 8.11. The Labute approximate surface area is 195 Å². The van der Waals surface area contributed by atoms with Crippen LogP contribution in [0.4, 0.5) is 15.9 Å². The maximum Gasteiger partial charge on any atom is 0.234 e. The van der Waals surface area contributed by atoms with Crippen LogP contribution in [0.2, 0.25) is 5.02 Å². The molecule has 2 atom stereocenters. The zero-order valence-electron chi connectivity index (χ0n) is 17.8. The molecule has 2 heterocycles. The smallest absolute Gasteiger partial charge is 0.234 e. The van der Waals surface area contributed by atoms with Gasteiger partial charge in [0.25, 0.3) is 0 Å². The van der Waals surface area contributed by atoms with Crippen LogP contribution in [0.15, 0.2) is 24.4 Å². The molecule has 0 spiro atoms. The van der Waals surface area contributed by atoms with Gasteiger partial charge < -0.3 is 20.7 Å². The molecule has 1 saturated carbocycles. The summed E-state index contributed by atoms with van der Waals surface area (Å²) < 4.78 is 20.0. The number of nitriles is 1. The van der Waals surface area contributed by atoms with Gasteiger partial charge in [-0.1, -0.05) is 18.0 Å². The number of amides is 2. The maximum absolute atomic E-state index is 14.2. The average molecular weight is 472 g/mol. The number of ether oxygens (including phenoxy) is 1. The Hall–Kier alpha value is -3.38. The highest BCUT2D eigenvalue weighted by molar-refractivity contribution is 6.33. The first-order chi connectivity index (χ1) is 15.9. The number of benzene rings is 1. The summed E-state index contributed by atoms with van der Waals surface area (Å²) in [5.74, 6) is -0.501. The van der Waals surface area contributed by atoms with Gasteiger partial charge in [-0.05, 0) is 31.4 Å². The number of fused-ring (bicyclic) bond motifs is 1. The summed E-state index contributed by atoms with van der Waals surface area (Å²) in [5, 5.41) is 17.7. The number of nitrogens with zero attached hydrogens (tertiary/aromatic N) is 2. The average Bonchev–Trinajstić information content (AvgIpc) is 2.80. The van der Waals surface area contributed by atoms with Gasteiger partial charge in [0.15, 0.2) is 5.75 Å². The van der Waals surface area contributed by atoms with Gasteiger partial charge in [0.2, 0.25) is 11.8 Å². The van der Waals surface area contributed by atoms with Crippen molar-refractivity contribution < 1.29 is 18.7 Å². The Bertz CT molecular complexity index is 1120. The topological polar surface area (TPSA) is 116 Å². The fourth-order valence-electron chi connectivity index (χ4n) is 4.27. The molecule has 2 unspecified atom stereocenters. The van der Waals surface area contributed by atoms with Crippen molar-refractivity contribution in [2.75, 3.05) is 23.8 Å². The van der Waals surface area contributed by atoms with Gasteiger partial charge in [0.05, 0.1) is 16.8 Å². The molecule has 0 bridgehead atoms. The van der Waals surface area contributed by atoms with Gasteiger partial charge >= 0.3 is 0 Å². The SMILES string of the molecule is N#CCC(=O)NC1CCCC(C(=O)Nc2cc(-c3cc(F)cc4c3OCCN4)c(Cl)cn2)C1. The number of rotatable bonds is 5. The largest absolute Gasteiger partial charge is 0.489 e. The number of carbonyl (C=O) groups is 2. The molecule has 172 valence electrons. The molecule has 4 rings (SSSR count). The fourth-order valence-corrected chi connectivity index (χ4v) is 4.48. The summed E-state index contributed by atoms with van der Waals surface area (Å²) in [5.41, 5.74) is 1.51. The van der Waals surface area contributed by atoms with E-state index in [1.54, 1.807) is 6.07 Å². The number of nitrogens with one attached hydrogen (secondary N) is 3. The van der Waals surface area contributed by atoms with Crippen LogP contribution in [-0.2, 0) is 9.59 Å². The number of pyridine rings is 1. The third kappa shape index (κ3) is 5.34. The van der Waals surface area contributed by atoms with Crippen LogP contribution in [0.5, 0.6) is 5.75 Å². The van der Waals surface area contributed by atoms with E-state index in [1.165, 1.54) is 18.3 Å². The molecule has 8 nitrogen and oxygen atoms in total. The van der Waals surface area contributed by atoms with Crippen LogP contribution in [-0.4, -0.2) is 36.0 Å². The van der Waals surface area contributed by atoms with E-state index in [-0.39, 0.29) is 36.0 Å². The lowest BCUT2D eigenvalue weighted by atomic mass is 9.85. The number of hydrogen-bond acceptors (Lipinski definition) is 6. The molecular weight excluding hydrogens is 449 g/mol. The van der Waals surface area contributed by atoms with Crippen molar-refractivity contribution in [2.24, 2.45) is 5.92 Å². The van der Waals surface area contributed by atoms with E-state index in [2.05, 4.69) is 20.9 Å². The second kappa shape index (κ2) is 10.0. The van der Waals surface area contributed by atoms with Crippen molar-refractivity contribution in [1.29, 1.82) is 5.26 Å². The minimum absolute atomic E-state index is 0.146. The first kappa shape index (κ1) is 22.8. The zero-order chi connectivity index (χ0) is 23.4. The van der Waals surface area contributed by atoms with Gasteiger partial charge in [-0.15, -0.1) is 0 Å². The number of aromatic nitrogens is 1. The first-order valence-corrected chi connectivity index (χ1v) is 11.2. The molecule has 1 aliphatic heterocycles. The monoisotopic (exact) mass is 471 g/mol. The molecule has 3 N–H and O–H groups in total. The first-order valence-electron chi connectivity index (χ1n) is 10.8. The minimum Gasteiger partial charge on any atom is -0.489 e. The third-order valence-corrected chi connectivity index (χ3v) is 6.07. The molecule has 1 aromatic heterocycles. The van der Waals surface area contributed by atoms with Crippen LogP contribution in [0.1, 0.15) is 32.1 Å². The Balaban J connectivity index is 1.51. The Kier molecular flexibility index (Phi) is 6.94. The van der Waals surface area contributed by atoms with Crippen LogP contribution < -0.4 is 20.7 Å². The van der Waals surface area contributed by atoms with Crippen molar-refractivity contribution in [3.63, 3.8) is 0 Å². The van der Waals surface area contributed by atoms with Crippen molar-refractivity contribution in [3.05, 3.63) is 35.2 Å². The lowest BCUT2D eigenvalue weighted by Gasteiger charge is -2.28. The summed E-state index contributed by atoms with van der Waals surface area (Å²) in [6.45, 7) is 1.01. The predicted octanol–water partition coefficient (Wildman–Crippen LogP) is 3.87. The summed E-state index contributed by atoms with van der Waals surface area (Å²) in [6.07, 6.45) is 3.94. The van der Waals surface area contributed by atoms with Crippen molar-refractivity contribution in [2.45, 2.75) is 38.1 Å². The summed E-state index contributed by atoms with van der Waals surface area (Å²) >= 11 is 6.37. The van der Waals surface area contributed by atoms with E-state index in [1.807, 2.05) is 6.07 Å². The van der Waals surface area contributed by atoms with E-state index in [0.717, 1.165) is 12.8 Å². The molecule has 1 aliphatic carbocycles. The molecular formula is C23H23ClFN5O3. The molecule has 2 aromatic rings. The highest BCUT2D eigenvalue weighted by atomic mass is 35.5. The van der Waals surface area contributed by atoms with Gasteiger partial charge in [0.1, 0.15) is 24.7 Å². The quantitative estimate of drug-likeness (QED) is 0.609. The minimum atomic E-state index is -0.438. The number of anilines is 2. The Morgan fingerprint density at radius 2 is 2.15 bits per heavy atom. The standard InChI is InChI=1S/C23H23ClFN5O3/c24-18-12-28-20(11-16(18)17-9-14(25)10-19-22(17)33-7-6-27-19)30-23(32)13-2-1-3-15(8-13)29-21(31)4-5-26/h9-13,15,27H,1-4,6-8H2,(H,29,31)(H,28,30,32). The van der Waals surface area contributed by atoms with Gasteiger partial charge in [-0.25, -0.2) is 9.37 Å². The lowest BCUT2D eigenvalue weighted by Crippen LogP contribution is -2.40. The molecule has 33 heavy (non-hydrogen) atoms. The Morgan fingerprint density at radius 1 is 1.30 bits per heavy atom. The van der Waals surface area contributed by atoms with Crippen molar-refractivity contribution >= 4 is 34.9 Å². The molecule has 0 radical (unpaired) electrons. The van der Waals surface area contributed by atoms with Gasteiger partial charge in [-0.2, -0.15) is 5.26 Å². The van der Waals surface area contributed by atoms with E-state index >= 15 is 0 Å². The van der Waals surface area contributed by atoms with Crippen LogP contribution >= 0.6 is 11.6 Å². The van der Waals surface area contributed by atoms with E-state index in [0.29, 0.717) is 53.6 Å². The van der Waals surface area contributed by atoms with Gasteiger partial charge in [-0.3, -0.25) is 9.59 Å². The van der Waals surface area contributed by atoms with E-state index in [4.69, 9.17) is 21.6 Å². The molecule has 0 saturated heterocycles. The molecule has 1 fully saturated rings.